The normalized spacial score (nSPS) is 10.2. The number of rotatable bonds is 4. The Kier molecular flexibility index (Phi) is 3.28. The molecule has 0 spiro atoms. The average molecular weight is 299 g/mol. The second-order valence-electron chi connectivity index (χ2n) is 3.10. The van der Waals surface area contributed by atoms with Crippen molar-refractivity contribution in [3.05, 3.63) is 38.6 Å². The maximum absolute atomic E-state index is 10.5. The Hall–Kier alpha value is -2.03. The number of aromatic amines is 1. The fourth-order valence-electron chi connectivity index (χ4n) is 1.19. The van der Waals surface area contributed by atoms with Gasteiger partial charge in [-0.3, -0.25) is 10.1 Å². The van der Waals surface area contributed by atoms with Crippen molar-refractivity contribution in [1.29, 1.82) is 0 Å². The molecular formula is C8H7BrN6O2. The highest BCUT2D eigenvalue weighted by molar-refractivity contribution is 9.10. The molecule has 8 nitrogen and oxygen atoms in total. The number of anilines is 1. The van der Waals surface area contributed by atoms with Crippen LogP contribution in [0.3, 0.4) is 0 Å². The first-order chi connectivity index (χ1) is 8.16. The Balaban J connectivity index is 2.09. The maximum Gasteiger partial charge on any atom is 0.270 e. The molecule has 0 bridgehead atoms. The summed E-state index contributed by atoms with van der Waals surface area (Å²) in [5.74, 6) is 0.509. The van der Waals surface area contributed by atoms with Crippen LogP contribution in [0.4, 0.5) is 11.4 Å². The Morgan fingerprint density at radius 2 is 2.35 bits per heavy atom. The number of nitrogens with one attached hydrogen (secondary N) is 2. The Morgan fingerprint density at radius 3 is 2.94 bits per heavy atom. The molecule has 0 atom stereocenters. The number of hydrogen-bond donors (Lipinski definition) is 2. The van der Waals surface area contributed by atoms with E-state index in [2.05, 4.69) is 41.9 Å². The number of non-ortho nitro benzene ring substituents is 1. The van der Waals surface area contributed by atoms with Gasteiger partial charge < -0.3 is 5.32 Å². The summed E-state index contributed by atoms with van der Waals surface area (Å²) in [7, 11) is 0. The number of nitrogens with zero attached hydrogens (tertiary/aromatic N) is 4. The molecule has 0 unspecified atom stereocenters. The SMILES string of the molecule is O=[N+]([O-])c1ccc(NCc2nn[nH]n2)c(Br)c1. The predicted octanol–water partition coefficient (Wildman–Crippen LogP) is 1.48. The molecule has 88 valence electrons. The summed E-state index contributed by atoms with van der Waals surface area (Å²) in [4.78, 5) is 10.1. The molecule has 0 aliphatic rings. The lowest BCUT2D eigenvalue weighted by molar-refractivity contribution is -0.384. The van der Waals surface area contributed by atoms with Gasteiger partial charge in [0.05, 0.1) is 11.5 Å². The minimum Gasteiger partial charge on any atom is -0.377 e. The van der Waals surface area contributed by atoms with E-state index in [-0.39, 0.29) is 5.69 Å². The summed E-state index contributed by atoms with van der Waals surface area (Å²) in [5, 5.41) is 26.9. The van der Waals surface area contributed by atoms with Crippen molar-refractivity contribution in [3.63, 3.8) is 0 Å². The summed E-state index contributed by atoms with van der Waals surface area (Å²) in [5.41, 5.74) is 0.752. The monoisotopic (exact) mass is 298 g/mol. The van der Waals surface area contributed by atoms with Crippen LogP contribution >= 0.6 is 15.9 Å². The molecule has 9 heteroatoms. The van der Waals surface area contributed by atoms with Crippen molar-refractivity contribution in [2.24, 2.45) is 0 Å². The van der Waals surface area contributed by atoms with Gasteiger partial charge >= 0.3 is 0 Å². The number of aromatic nitrogens is 4. The van der Waals surface area contributed by atoms with Crippen molar-refractivity contribution in [1.82, 2.24) is 20.6 Å². The Morgan fingerprint density at radius 1 is 1.53 bits per heavy atom. The van der Waals surface area contributed by atoms with Gasteiger partial charge in [-0.2, -0.15) is 5.21 Å². The fourth-order valence-corrected chi connectivity index (χ4v) is 1.70. The third-order valence-corrected chi connectivity index (χ3v) is 2.65. The summed E-state index contributed by atoms with van der Waals surface area (Å²) in [6.07, 6.45) is 0. The van der Waals surface area contributed by atoms with Crippen molar-refractivity contribution in [3.8, 4) is 0 Å². The van der Waals surface area contributed by atoms with Crippen molar-refractivity contribution < 1.29 is 4.92 Å². The zero-order chi connectivity index (χ0) is 12.3. The van der Waals surface area contributed by atoms with Crippen LogP contribution in [0.25, 0.3) is 0 Å². The van der Waals surface area contributed by atoms with Gasteiger partial charge in [-0.1, -0.05) is 5.21 Å². The number of halogens is 1. The Bertz CT molecular complexity index is 529. The fraction of sp³-hybridized carbons (Fsp3) is 0.125. The molecule has 1 aromatic carbocycles. The number of benzene rings is 1. The van der Waals surface area contributed by atoms with Gasteiger partial charge in [-0.05, 0) is 22.0 Å². The van der Waals surface area contributed by atoms with Gasteiger partial charge in [0, 0.05) is 22.3 Å². The number of nitro groups is 1. The van der Waals surface area contributed by atoms with Crippen LogP contribution in [-0.2, 0) is 6.54 Å². The van der Waals surface area contributed by atoms with Crippen molar-refractivity contribution >= 4 is 27.3 Å². The van der Waals surface area contributed by atoms with Crippen LogP contribution in [0.2, 0.25) is 0 Å². The second-order valence-corrected chi connectivity index (χ2v) is 3.96. The molecule has 17 heavy (non-hydrogen) atoms. The summed E-state index contributed by atoms with van der Waals surface area (Å²) in [6.45, 7) is 0.382. The molecule has 1 heterocycles. The van der Waals surface area contributed by atoms with E-state index in [1.165, 1.54) is 12.1 Å². The van der Waals surface area contributed by atoms with E-state index < -0.39 is 4.92 Å². The van der Waals surface area contributed by atoms with E-state index in [1.807, 2.05) is 0 Å². The van der Waals surface area contributed by atoms with E-state index in [0.29, 0.717) is 16.8 Å². The van der Waals surface area contributed by atoms with Crippen LogP contribution in [0, 0.1) is 10.1 Å². The molecule has 2 aromatic rings. The van der Waals surface area contributed by atoms with Gasteiger partial charge in [0.25, 0.3) is 5.69 Å². The minimum atomic E-state index is -0.451. The first-order valence-electron chi connectivity index (χ1n) is 4.57. The van der Waals surface area contributed by atoms with E-state index in [4.69, 9.17) is 0 Å². The van der Waals surface area contributed by atoms with Crippen LogP contribution in [-0.4, -0.2) is 25.5 Å². The molecule has 0 saturated heterocycles. The number of hydrogen-bond acceptors (Lipinski definition) is 6. The van der Waals surface area contributed by atoms with Crippen LogP contribution < -0.4 is 5.32 Å². The molecule has 0 amide bonds. The van der Waals surface area contributed by atoms with Gasteiger partial charge in [0.15, 0.2) is 5.82 Å². The lowest BCUT2D eigenvalue weighted by atomic mass is 10.3. The van der Waals surface area contributed by atoms with Crippen molar-refractivity contribution in [2.75, 3.05) is 5.32 Å². The minimum absolute atomic E-state index is 0.0296. The molecule has 0 aliphatic heterocycles. The standard InChI is InChI=1S/C8H7BrN6O2/c9-6-3-5(15(16)17)1-2-7(6)10-4-8-11-13-14-12-8/h1-3,10H,4H2,(H,11,12,13,14). The first kappa shape index (κ1) is 11.5. The Labute approximate surface area is 104 Å². The molecule has 0 aliphatic carbocycles. The van der Waals surface area contributed by atoms with E-state index in [9.17, 15) is 10.1 Å². The van der Waals surface area contributed by atoms with E-state index >= 15 is 0 Å². The molecule has 0 fully saturated rings. The topological polar surface area (TPSA) is 110 Å². The van der Waals surface area contributed by atoms with E-state index in [1.54, 1.807) is 6.07 Å². The predicted molar refractivity (Wildman–Crippen MR) is 62.3 cm³/mol. The quantitative estimate of drug-likeness (QED) is 0.653. The second kappa shape index (κ2) is 4.87. The van der Waals surface area contributed by atoms with Gasteiger partial charge in [-0.15, -0.1) is 10.2 Å². The summed E-state index contributed by atoms with van der Waals surface area (Å²) >= 11 is 3.25. The smallest absolute Gasteiger partial charge is 0.270 e. The van der Waals surface area contributed by atoms with Crippen LogP contribution in [0.5, 0.6) is 0 Å². The molecule has 2 rings (SSSR count). The van der Waals surface area contributed by atoms with E-state index in [0.717, 1.165) is 5.69 Å². The highest BCUT2D eigenvalue weighted by atomic mass is 79.9. The highest BCUT2D eigenvalue weighted by Crippen LogP contribution is 2.27. The zero-order valence-corrected chi connectivity index (χ0v) is 10.0. The number of tetrazole rings is 1. The zero-order valence-electron chi connectivity index (χ0n) is 8.42. The average Bonchev–Trinajstić information content (AvgIpc) is 2.80. The summed E-state index contributed by atoms with van der Waals surface area (Å²) < 4.78 is 0.607. The highest BCUT2D eigenvalue weighted by Gasteiger charge is 2.09. The van der Waals surface area contributed by atoms with Gasteiger partial charge in [0.2, 0.25) is 0 Å². The van der Waals surface area contributed by atoms with Crippen molar-refractivity contribution in [2.45, 2.75) is 6.54 Å². The third-order valence-electron chi connectivity index (χ3n) is 1.99. The number of H-pyrrole nitrogens is 1. The number of nitro benzene ring substituents is 1. The first-order valence-corrected chi connectivity index (χ1v) is 5.36. The van der Waals surface area contributed by atoms with Gasteiger partial charge in [0.1, 0.15) is 0 Å². The summed E-state index contributed by atoms with van der Waals surface area (Å²) in [6, 6.07) is 4.46. The lowest BCUT2D eigenvalue weighted by Gasteiger charge is -2.05. The van der Waals surface area contributed by atoms with Crippen LogP contribution in [0.15, 0.2) is 22.7 Å². The third kappa shape index (κ3) is 2.75. The molecular weight excluding hydrogens is 292 g/mol. The molecule has 0 radical (unpaired) electrons. The lowest BCUT2D eigenvalue weighted by Crippen LogP contribution is -2.02. The van der Waals surface area contributed by atoms with Crippen LogP contribution in [0.1, 0.15) is 5.82 Å². The molecule has 1 aromatic heterocycles. The molecule has 2 N–H and O–H groups in total. The maximum atomic E-state index is 10.5. The van der Waals surface area contributed by atoms with Gasteiger partial charge in [-0.25, -0.2) is 0 Å². The molecule has 0 saturated carbocycles. The largest absolute Gasteiger partial charge is 0.377 e.